The Morgan fingerprint density at radius 3 is 2.88 bits per heavy atom. The molecule has 0 unspecified atom stereocenters. The van der Waals surface area contributed by atoms with E-state index in [9.17, 15) is 4.79 Å². The summed E-state index contributed by atoms with van der Waals surface area (Å²) in [5.41, 5.74) is 0. The van der Waals surface area contributed by atoms with Crippen LogP contribution in [0.3, 0.4) is 0 Å². The van der Waals surface area contributed by atoms with E-state index in [2.05, 4.69) is 11.2 Å². The Labute approximate surface area is 48.6 Å². The fourth-order valence-corrected chi connectivity index (χ4v) is 0.207. The first-order valence-corrected chi connectivity index (χ1v) is 2.15. The second-order valence-corrected chi connectivity index (χ2v) is 1.20. The lowest BCUT2D eigenvalue weighted by molar-refractivity contribution is -0.118. The van der Waals surface area contributed by atoms with E-state index in [0.29, 0.717) is 0 Å². The fraction of sp³-hybridized carbons (Fsp3) is 0.167. The maximum Gasteiger partial charge on any atom is 0.220 e. The molecule has 0 aliphatic carbocycles. The Morgan fingerprint density at radius 1 is 1.88 bits per heavy atom. The van der Waals surface area contributed by atoms with Crippen LogP contribution in [0.25, 0.3) is 0 Å². The van der Waals surface area contributed by atoms with Crippen LogP contribution in [-0.2, 0) is 4.79 Å². The average Bonchev–Trinajstić information content (AvgIpc) is 1.66. The number of rotatable bonds is 1. The summed E-state index contributed by atoms with van der Waals surface area (Å²) >= 11 is 0. The summed E-state index contributed by atoms with van der Waals surface area (Å²) in [6, 6.07) is 0. The number of hydrogen-bond donors (Lipinski definition) is 1. The Morgan fingerprint density at radius 2 is 2.50 bits per heavy atom. The van der Waals surface area contributed by atoms with Crippen LogP contribution in [0.4, 0.5) is 0 Å². The lowest BCUT2D eigenvalue weighted by Crippen LogP contribution is -2.10. The first-order chi connectivity index (χ1) is 3.77. The summed E-state index contributed by atoms with van der Waals surface area (Å²) in [7, 11) is 0. The van der Waals surface area contributed by atoms with Gasteiger partial charge in [-0.25, -0.2) is 0 Å². The summed E-state index contributed by atoms with van der Waals surface area (Å²) in [5.74, 6) is 2.11. The van der Waals surface area contributed by atoms with Crippen molar-refractivity contribution in [3.63, 3.8) is 0 Å². The topological polar surface area (TPSA) is 29.1 Å². The first kappa shape index (κ1) is 6.77. The van der Waals surface area contributed by atoms with Crippen molar-refractivity contribution in [3.05, 3.63) is 12.3 Å². The number of carbonyl (C=O) groups excluding carboxylic acids is 1. The van der Waals surface area contributed by atoms with Gasteiger partial charge in [0.15, 0.2) is 0 Å². The van der Waals surface area contributed by atoms with Gasteiger partial charge in [0.1, 0.15) is 0 Å². The van der Waals surface area contributed by atoms with Crippen molar-refractivity contribution in [2.45, 2.75) is 6.92 Å². The minimum absolute atomic E-state index is 0.114. The van der Waals surface area contributed by atoms with Gasteiger partial charge in [-0.05, 0) is 0 Å². The highest BCUT2D eigenvalue weighted by atomic mass is 16.1. The second-order valence-electron chi connectivity index (χ2n) is 1.20. The number of nitrogens with one attached hydrogen (secondary N) is 1. The molecule has 0 saturated carbocycles. The van der Waals surface area contributed by atoms with Crippen LogP contribution in [0.2, 0.25) is 0 Å². The minimum Gasteiger partial charge on any atom is -0.332 e. The van der Waals surface area contributed by atoms with Crippen molar-refractivity contribution in [3.8, 4) is 12.3 Å². The van der Waals surface area contributed by atoms with Gasteiger partial charge in [-0.3, -0.25) is 4.79 Å². The van der Waals surface area contributed by atoms with Crippen LogP contribution in [0, 0.1) is 12.3 Å². The lowest BCUT2D eigenvalue weighted by atomic mass is 10.6. The van der Waals surface area contributed by atoms with Crippen molar-refractivity contribution < 1.29 is 4.79 Å². The van der Waals surface area contributed by atoms with Crippen molar-refractivity contribution >= 4 is 5.91 Å². The fourth-order valence-electron chi connectivity index (χ4n) is 0.207. The van der Waals surface area contributed by atoms with Gasteiger partial charge in [-0.2, -0.15) is 0 Å². The SMILES string of the molecule is C#C/C=C/NC(C)=O. The second kappa shape index (κ2) is 3.94. The van der Waals surface area contributed by atoms with Gasteiger partial charge in [-0.15, -0.1) is 6.42 Å². The predicted molar refractivity (Wildman–Crippen MR) is 31.8 cm³/mol. The highest BCUT2D eigenvalue weighted by Gasteiger charge is 1.78. The quantitative estimate of drug-likeness (QED) is 0.481. The molecule has 0 aliphatic rings. The minimum atomic E-state index is -0.114. The number of carbonyl (C=O) groups is 1. The van der Waals surface area contributed by atoms with Crippen molar-refractivity contribution in [1.82, 2.24) is 5.32 Å². The third-order valence-electron chi connectivity index (χ3n) is 0.466. The predicted octanol–water partition coefficient (Wildman–Crippen LogP) is 0.269. The zero-order chi connectivity index (χ0) is 6.41. The zero-order valence-electron chi connectivity index (χ0n) is 4.64. The van der Waals surface area contributed by atoms with Crippen LogP contribution in [0.15, 0.2) is 12.3 Å². The van der Waals surface area contributed by atoms with E-state index in [0.717, 1.165) is 0 Å². The van der Waals surface area contributed by atoms with E-state index < -0.39 is 0 Å². The monoisotopic (exact) mass is 109 g/mol. The molecule has 2 nitrogen and oxygen atoms in total. The van der Waals surface area contributed by atoms with Crippen LogP contribution in [-0.4, -0.2) is 5.91 Å². The summed E-state index contributed by atoms with van der Waals surface area (Å²) in [4.78, 5) is 10.1. The van der Waals surface area contributed by atoms with E-state index in [1.165, 1.54) is 19.2 Å². The molecule has 0 aromatic carbocycles. The smallest absolute Gasteiger partial charge is 0.220 e. The van der Waals surface area contributed by atoms with Gasteiger partial charge in [0.05, 0.1) is 0 Å². The molecule has 1 amide bonds. The molecule has 2 heteroatoms. The molecule has 0 heterocycles. The molecule has 0 bridgehead atoms. The van der Waals surface area contributed by atoms with Crippen LogP contribution >= 0.6 is 0 Å². The summed E-state index contributed by atoms with van der Waals surface area (Å²) in [5, 5.41) is 2.38. The van der Waals surface area contributed by atoms with Gasteiger partial charge in [-0.1, -0.05) is 5.92 Å². The average molecular weight is 109 g/mol. The molecular formula is C6H7NO. The van der Waals surface area contributed by atoms with Gasteiger partial charge in [0.25, 0.3) is 0 Å². The molecule has 0 radical (unpaired) electrons. The molecule has 0 aromatic rings. The highest BCUT2D eigenvalue weighted by Crippen LogP contribution is 1.62. The van der Waals surface area contributed by atoms with Crippen molar-refractivity contribution in [2.75, 3.05) is 0 Å². The third-order valence-corrected chi connectivity index (χ3v) is 0.466. The van der Waals surface area contributed by atoms with Gasteiger partial charge >= 0.3 is 0 Å². The molecule has 8 heavy (non-hydrogen) atoms. The molecule has 0 aromatic heterocycles. The van der Waals surface area contributed by atoms with Gasteiger partial charge in [0, 0.05) is 19.2 Å². The van der Waals surface area contributed by atoms with Crippen LogP contribution < -0.4 is 5.32 Å². The van der Waals surface area contributed by atoms with E-state index in [4.69, 9.17) is 6.42 Å². The van der Waals surface area contributed by atoms with E-state index in [1.54, 1.807) is 0 Å². The van der Waals surface area contributed by atoms with Crippen molar-refractivity contribution in [2.24, 2.45) is 0 Å². The first-order valence-electron chi connectivity index (χ1n) is 2.15. The number of allylic oxidation sites excluding steroid dienone is 1. The highest BCUT2D eigenvalue weighted by molar-refractivity contribution is 5.73. The Bertz CT molecular complexity index is 141. The number of terminal acetylenes is 1. The largest absolute Gasteiger partial charge is 0.332 e. The molecule has 1 N–H and O–H groups in total. The van der Waals surface area contributed by atoms with E-state index in [-0.39, 0.29) is 5.91 Å². The zero-order valence-corrected chi connectivity index (χ0v) is 4.64. The maximum atomic E-state index is 10.1. The van der Waals surface area contributed by atoms with Crippen LogP contribution in [0.5, 0.6) is 0 Å². The standard InChI is InChI=1S/C6H7NO/c1-3-4-5-7-6(2)8/h1,4-5H,2H3,(H,7,8)/b5-4+. The summed E-state index contributed by atoms with van der Waals surface area (Å²) in [6.07, 6.45) is 7.66. The summed E-state index contributed by atoms with van der Waals surface area (Å²) in [6.45, 7) is 1.42. The third kappa shape index (κ3) is 4.77. The summed E-state index contributed by atoms with van der Waals surface area (Å²) < 4.78 is 0. The molecule has 0 saturated heterocycles. The Balaban J connectivity index is 3.34. The van der Waals surface area contributed by atoms with E-state index >= 15 is 0 Å². The molecule has 0 fully saturated rings. The number of amides is 1. The Hall–Kier alpha value is -1.23. The van der Waals surface area contributed by atoms with Gasteiger partial charge in [0.2, 0.25) is 5.91 Å². The van der Waals surface area contributed by atoms with E-state index in [1.807, 2.05) is 0 Å². The molecule has 0 rings (SSSR count). The molecule has 0 aliphatic heterocycles. The normalized spacial score (nSPS) is 8.50. The molecule has 0 atom stereocenters. The Kier molecular flexibility index (Phi) is 3.34. The number of hydrogen-bond acceptors (Lipinski definition) is 1. The molecular weight excluding hydrogens is 102 g/mol. The maximum absolute atomic E-state index is 10.1. The van der Waals surface area contributed by atoms with Crippen LogP contribution in [0.1, 0.15) is 6.92 Å². The van der Waals surface area contributed by atoms with Gasteiger partial charge < -0.3 is 5.32 Å². The molecule has 0 spiro atoms. The lowest BCUT2D eigenvalue weighted by Gasteiger charge is -1.85. The van der Waals surface area contributed by atoms with Crippen molar-refractivity contribution in [1.29, 1.82) is 0 Å². The molecule has 42 valence electrons.